The summed E-state index contributed by atoms with van der Waals surface area (Å²) in [5, 5.41) is 0. The molecule has 5 N–H and O–H groups in total. The maximum absolute atomic E-state index is 11.2. The summed E-state index contributed by atoms with van der Waals surface area (Å²) < 4.78 is 19.8. The van der Waals surface area contributed by atoms with E-state index in [2.05, 4.69) is 9.97 Å². The maximum Gasteiger partial charge on any atom is 0.248 e. The van der Waals surface area contributed by atoms with Crippen molar-refractivity contribution in [2.75, 3.05) is 5.73 Å². The lowest BCUT2D eigenvalue weighted by molar-refractivity contribution is 0.100. The highest BCUT2D eigenvalue weighted by Crippen LogP contribution is 2.26. The van der Waals surface area contributed by atoms with Crippen LogP contribution in [0.1, 0.15) is 15.9 Å². The number of carbonyl (C=O) groups excluding carboxylic acids is 1. The van der Waals surface area contributed by atoms with E-state index >= 15 is 0 Å². The van der Waals surface area contributed by atoms with Gasteiger partial charge in [0.2, 0.25) is 5.91 Å². The summed E-state index contributed by atoms with van der Waals surface area (Å²) in [6.07, 6.45) is 1.56. The number of anilines is 1. The van der Waals surface area contributed by atoms with Crippen LogP contribution >= 0.6 is 0 Å². The number of rotatable bonds is 5. The van der Waals surface area contributed by atoms with Crippen LogP contribution in [0.2, 0.25) is 0 Å². The molecule has 1 aromatic heterocycles. The van der Waals surface area contributed by atoms with Gasteiger partial charge in [-0.15, -0.1) is 0 Å². The number of hydrogen-bond donors (Lipinski definition) is 3. The Hall–Kier alpha value is -3.10. The third kappa shape index (κ3) is 3.93. The van der Waals surface area contributed by atoms with Crippen molar-refractivity contribution in [2.24, 2.45) is 5.73 Å². The van der Waals surface area contributed by atoms with E-state index in [9.17, 15) is 9.00 Å². The topological polar surface area (TPSA) is 132 Å². The van der Waals surface area contributed by atoms with Gasteiger partial charge in [0, 0.05) is 16.7 Å². The molecule has 0 saturated heterocycles. The molecule has 8 heteroatoms. The Morgan fingerprint density at radius 3 is 2.23 bits per heavy atom. The van der Waals surface area contributed by atoms with Crippen molar-refractivity contribution >= 4 is 22.8 Å². The number of nitrogens with zero attached hydrogens (tertiary/aromatic N) is 2. The van der Waals surface area contributed by atoms with Gasteiger partial charge in [-0.05, 0) is 17.7 Å². The van der Waals surface area contributed by atoms with Gasteiger partial charge in [-0.25, -0.2) is 14.2 Å². The molecule has 0 bridgehead atoms. The Balaban J connectivity index is 1.94. The summed E-state index contributed by atoms with van der Waals surface area (Å²) in [7, 11) is 0. The van der Waals surface area contributed by atoms with Gasteiger partial charge in [-0.1, -0.05) is 36.4 Å². The second kappa shape index (κ2) is 7.42. The van der Waals surface area contributed by atoms with Crippen LogP contribution in [0.3, 0.4) is 0 Å². The highest BCUT2D eigenvalue weighted by atomic mass is 32.2. The monoisotopic (exact) mass is 368 g/mol. The highest BCUT2D eigenvalue weighted by molar-refractivity contribution is 7.78. The van der Waals surface area contributed by atoms with E-state index in [1.807, 2.05) is 0 Å². The fraction of sp³-hybridized carbons (Fsp3) is 0.0556. The lowest BCUT2D eigenvalue weighted by atomic mass is 10.1. The average Bonchev–Trinajstić information content (AvgIpc) is 2.62. The summed E-state index contributed by atoms with van der Waals surface area (Å²) in [5.74, 6) is -0.154. The van der Waals surface area contributed by atoms with Gasteiger partial charge < -0.3 is 16.0 Å². The van der Waals surface area contributed by atoms with E-state index in [0.29, 0.717) is 17.0 Å². The van der Waals surface area contributed by atoms with E-state index in [1.165, 1.54) is 0 Å². The summed E-state index contributed by atoms with van der Waals surface area (Å²) in [5.41, 5.74) is 15.0. The largest absolute Gasteiger partial charge is 0.382 e. The molecule has 7 nitrogen and oxygen atoms in total. The molecule has 26 heavy (non-hydrogen) atoms. The zero-order chi connectivity index (χ0) is 18.7. The molecule has 0 spiro atoms. The average molecular weight is 368 g/mol. The molecule has 1 amide bonds. The minimum absolute atomic E-state index is 0.0632. The summed E-state index contributed by atoms with van der Waals surface area (Å²) in [4.78, 5) is 19.9. The smallest absolute Gasteiger partial charge is 0.248 e. The lowest BCUT2D eigenvalue weighted by Crippen LogP contribution is -2.10. The van der Waals surface area contributed by atoms with Crippen molar-refractivity contribution in [2.45, 2.75) is 5.75 Å². The first kappa shape index (κ1) is 17.7. The molecule has 0 aliphatic heterocycles. The third-order valence-corrected chi connectivity index (χ3v) is 4.36. The van der Waals surface area contributed by atoms with E-state index in [1.54, 1.807) is 54.7 Å². The Morgan fingerprint density at radius 2 is 1.65 bits per heavy atom. The first-order valence-electron chi connectivity index (χ1n) is 7.63. The van der Waals surface area contributed by atoms with Crippen molar-refractivity contribution in [3.63, 3.8) is 0 Å². The molecular formula is C18H16N4O3S. The summed E-state index contributed by atoms with van der Waals surface area (Å²) in [6, 6.07) is 13.8. The molecule has 1 atom stereocenters. The lowest BCUT2D eigenvalue weighted by Gasteiger charge is -2.08. The maximum atomic E-state index is 11.2. The standard InChI is InChI=1S/C18H16N4O3S/c19-17-16(13-3-1-11(2-4-13)10-26(24)25)22-15(9-21-17)12-5-7-14(8-6-12)18(20)23/h1-9H,10H2,(H2,19,21)(H2,20,23)(H,24,25). The van der Waals surface area contributed by atoms with Gasteiger partial charge in [0.05, 0.1) is 17.6 Å². The minimum atomic E-state index is -1.89. The fourth-order valence-corrected chi connectivity index (χ4v) is 2.93. The van der Waals surface area contributed by atoms with Crippen LogP contribution in [0, 0.1) is 0 Å². The van der Waals surface area contributed by atoms with Gasteiger partial charge in [0.25, 0.3) is 0 Å². The quantitative estimate of drug-likeness (QED) is 0.592. The molecule has 132 valence electrons. The number of hydrogen-bond acceptors (Lipinski definition) is 5. The number of aromatic nitrogens is 2. The Labute approximate surface area is 152 Å². The van der Waals surface area contributed by atoms with Crippen molar-refractivity contribution in [3.05, 3.63) is 65.9 Å². The molecule has 1 heterocycles. The second-order valence-corrected chi connectivity index (χ2v) is 6.53. The molecule has 1 unspecified atom stereocenters. The van der Waals surface area contributed by atoms with E-state index in [0.717, 1.165) is 16.7 Å². The Morgan fingerprint density at radius 1 is 1.04 bits per heavy atom. The zero-order valence-electron chi connectivity index (χ0n) is 13.6. The first-order chi connectivity index (χ1) is 12.4. The van der Waals surface area contributed by atoms with Gasteiger partial charge in [-0.2, -0.15) is 0 Å². The first-order valence-corrected chi connectivity index (χ1v) is 8.91. The second-order valence-electron chi connectivity index (χ2n) is 5.59. The van der Waals surface area contributed by atoms with E-state index in [-0.39, 0.29) is 11.6 Å². The number of primary amides is 1. The van der Waals surface area contributed by atoms with Crippen molar-refractivity contribution in [3.8, 4) is 22.5 Å². The Bertz CT molecular complexity index is 973. The van der Waals surface area contributed by atoms with Crippen LogP contribution in [-0.2, 0) is 16.8 Å². The predicted octanol–water partition coefficient (Wildman–Crippen LogP) is 2.21. The van der Waals surface area contributed by atoms with E-state index in [4.69, 9.17) is 16.0 Å². The van der Waals surface area contributed by atoms with Crippen LogP contribution in [0.15, 0.2) is 54.7 Å². The third-order valence-electron chi connectivity index (χ3n) is 3.78. The SMILES string of the molecule is NC(=O)c1ccc(-c2cnc(N)c(-c3ccc(CS(=O)O)cc3)n2)cc1. The van der Waals surface area contributed by atoms with Crippen molar-refractivity contribution in [1.82, 2.24) is 9.97 Å². The number of nitrogens with two attached hydrogens (primary N) is 2. The van der Waals surface area contributed by atoms with Gasteiger partial charge >= 0.3 is 0 Å². The molecule has 2 aromatic carbocycles. The van der Waals surface area contributed by atoms with Crippen molar-refractivity contribution in [1.29, 1.82) is 0 Å². The van der Waals surface area contributed by atoms with Crippen molar-refractivity contribution < 1.29 is 13.6 Å². The summed E-state index contributed by atoms with van der Waals surface area (Å²) >= 11 is -1.89. The number of amides is 1. The number of benzene rings is 2. The van der Waals surface area contributed by atoms with Crippen LogP contribution in [0.4, 0.5) is 5.82 Å². The van der Waals surface area contributed by atoms with Crippen LogP contribution in [0.5, 0.6) is 0 Å². The summed E-state index contributed by atoms with van der Waals surface area (Å²) in [6.45, 7) is 0. The normalized spacial score (nSPS) is 11.9. The molecule has 3 rings (SSSR count). The van der Waals surface area contributed by atoms with Gasteiger partial charge in [-0.3, -0.25) is 4.79 Å². The number of nitrogen functional groups attached to an aromatic ring is 1. The number of carbonyl (C=O) groups is 1. The van der Waals surface area contributed by atoms with Gasteiger partial charge in [0.15, 0.2) is 11.1 Å². The zero-order valence-corrected chi connectivity index (χ0v) is 14.4. The van der Waals surface area contributed by atoms with Crippen LogP contribution in [-0.4, -0.2) is 24.6 Å². The highest BCUT2D eigenvalue weighted by Gasteiger charge is 2.10. The minimum Gasteiger partial charge on any atom is -0.382 e. The molecule has 0 aliphatic carbocycles. The molecular weight excluding hydrogens is 352 g/mol. The van der Waals surface area contributed by atoms with E-state index < -0.39 is 17.0 Å². The molecule has 0 radical (unpaired) electrons. The fourth-order valence-electron chi connectivity index (χ4n) is 2.46. The van der Waals surface area contributed by atoms with Crippen LogP contribution < -0.4 is 11.5 Å². The molecule has 0 aliphatic rings. The van der Waals surface area contributed by atoms with Gasteiger partial charge in [0.1, 0.15) is 11.5 Å². The predicted molar refractivity (Wildman–Crippen MR) is 100 cm³/mol. The molecule has 0 fully saturated rings. The Kier molecular flexibility index (Phi) is 5.06. The van der Waals surface area contributed by atoms with Crippen LogP contribution in [0.25, 0.3) is 22.5 Å². The molecule has 3 aromatic rings. The molecule has 0 saturated carbocycles.